The molecule has 1 aliphatic heterocycles. The highest BCUT2D eigenvalue weighted by molar-refractivity contribution is 7.17. The molecule has 0 atom stereocenters. The van der Waals surface area contributed by atoms with Crippen LogP contribution in [0.15, 0.2) is 41.8 Å². The van der Waals surface area contributed by atoms with Crippen molar-refractivity contribution >= 4 is 39.9 Å². The molecule has 0 aliphatic carbocycles. The fourth-order valence-electron chi connectivity index (χ4n) is 4.15. The zero-order valence-corrected chi connectivity index (χ0v) is 20.4. The number of amides is 1. The molecule has 0 spiro atoms. The van der Waals surface area contributed by atoms with Crippen molar-refractivity contribution in [1.29, 1.82) is 0 Å². The Labute approximate surface area is 206 Å². The van der Waals surface area contributed by atoms with Crippen molar-refractivity contribution in [3.8, 4) is 0 Å². The summed E-state index contributed by atoms with van der Waals surface area (Å²) in [6.07, 6.45) is -3.07. The van der Waals surface area contributed by atoms with Crippen LogP contribution in [0.3, 0.4) is 0 Å². The first-order chi connectivity index (χ1) is 15.9. The second-order valence-electron chi connectivity index (χ2n) is 8.15. The van der Waals surface area contributed by atoms with Crippen LogP contribution in [0.5, 0.6) is 0 Å². The van der Waals surface area contributed by atoms with Gasteiger partial charge in [0, 0.05) is 30.6 Å². The first kappa shape index (κ1) is 26.4. The van der Waals surface area contributed by atoms with Gasteiger partial charge in [0.15, 0.2) is 0 Å². The molecule has 1 aromatic carbocycles. The number of likely N-dealkylation sites (tertiary alicyclic amines) is 1. The number of carbonyl (C=O) groups excluding carboxylic acids is 1. The highest BCUT2D eigenvalue weighted by Gasteiger charge is 2.36. The van der Waals surface area contributed by atoms with E-state index in [1.807, 2.05) is 30.3 Å². The van der Waals surface area contributed by atoms with Crippen LogP contribution in [0.2, 0.25) is 0 Å². The third kappa shape index (κ3) is 6.07. The standard InChI is InChI=1S/C24H26F3N3O2S.ClH/c1-28-23(31)18-15-33-22-19(24(25,26)27)13-20(29-21(18)22)17-7-9-30(10-8-17)11-12-32-14-16-5-3-2-4-6-16;/h2-6,13,15,17H,7-12,14H2,1H3,(H,28,31);1H. The van der Waals surface area contributed by atoms with Crippen LogP contribution in [0.25, 0.3) is 10.2 Å². The molecule has 10 heteroatoms. The molecule has 3 aromatic rings. The van der Waals surface area contributed by atoms with E-state index in [4.69, 9.17) is 4.74 Å². The number of ether oxygens (including phenoxy) is 1. The number of rotatable bonds is 7. The van der Waals surface area contributed by atoms with Gasteiger partial charge in [0.2, 0.25) is 0 Å². The summed E-state index contributed by atoms with van der Waals surface area (Å²) < 4.78 is 47.1. The molecular formula is C24H27ClF3N3O2S. The molecule has 2 aromatic heterocycles. The number of hydrogen-bond acceptors (Lipinski definition) is 5. The quantitative estimate of drug-likeness (QED) is 0.424. The van der Waals surface area contributed by atoms with Gasteiger partial charge in [-0.2, -0.15) is 13.2 Å². The maximum Gasteiger partial charge on any atom is 0.417 e. The van der Waals surface area contributed by atoms with Gasteiger partial charge in [-0.25, -0.2) is 0 Å². The predicted molar refractivity (Wildman–Crippen MR) is 130 cm³/mol. The molecule has 1 aliphatic rings. The Morgan fingerprint density at radius 3 is 2.59 bits per heavy atom. The van der Waals surface area contributed by atoms with Crippen molar-refractivity contribution in [2.24, 2.45) is 0 Å². The van der Waals surface area contributed by atoms with Crippen LogP contribution in [-0.4, -0.2) is 49.1 Å². The Hall–Kier alpha value is -2.20. The Morgan fingerprint density at radius 2 is 1.94 bits per heavy atom. The number of aromatic nitrogens is 1. The maximum absolute atomic E-state index is 13.8. The van der Waals surface area contributed by atoms with E-state index in [-0.39, 0.29) is 34.1 Å². The lowest BCUT2D eigenvalue weighted by Gasteiger charge is -2.31. The second kappa shape index (κ2) is 11.5. The third-order valence-corrected chi connectivity index (χ3v) is 6.99. The molecule has 34 heavy (non-hydrogen) atoms. The van der Waals surface area contributed by atoms with Crippen LogP contribution in [0.4, 0.5) is 13.2 Å². The number of thiophene rings is 1. The number of halogens is 4. The monoisotopic (exact) mass is 513 g/mol. The number of carbonyl (C=O) groups is 1. The highest BCUT2D eigenvalue weighted by Crippen LogP contribution is 2.41. The molecule has 5 nitrogen and oxygen atoms in total. The zero-order chi connectivity index (χ0) is 23.4. The van der Waals surface area contributed by atoms with Crippen LogP contribution < -0.4 is 5.32 Å². The summed E-state index contributed by atoms with van der Waals surface area (Å²) in [5.74, 6) is -0.501. The normalized spacial score (nSPS) is 15.3. The van der Waals surface area contributed by atoms with Gasteiger partial charge in [0.05, 0.1) is 34.6 Å². The van der Waals surface area contributed by atoms with Gasteiger partial charge in [-0.3, -0.25) is 9.78 Å². The minimum absolute atomic E-state index is 0. The molecule has 3 heterocycles. The lowest BCUT2D eigenvalue weighted by atomic mass is 9.92. The van der Waals surface area contributed by atoms with E-state index in [1.54, 1.807) is 0 Å². The second-order valence-corrected chi connectivity index (χ2v) is 9.03. The minimum atomic E-state index is -4.50. The molecule has 0 bridgehead atoms. The van der Waals surface area contributed by atoms with Crippen LogP contribution >= 0.6 is 23.7 Å². The van der Waals surface area contributed by atoms with Gasteiger partial charge in [0.1, 0.15) is 0 Å². The Kier molecular flexibility index (Phi) is 8.92. The molecular weight excluding hydrogens is 487 g/mol. The number of nitrogens with one attached hydrogen (secondary N) is 1. The Balaban J connectivity index is 0.00000324. The first-order valence-corrected chi connectivity index (χ1v) is 11.8. The maximum atomic E-state index is 13.8. The van der Waals surface area contributed by atoms with E-state index in [2.05, 4.69) is 15.2 Å². The molecule has 1 amide bonds. The van der Waals surface area contributed by atoms with Crippen molar-refractivity contribution < 1.29 is 22.7 Å². The van der Waals surface area contributed by atoms with Gasteiger partial charge in [0.25, 0.3) is 5.91 Å². The minimum Gasteiger partial charge on any atom is -0.375 e. The molecule has 1 saturated heterocycles. The molecule has 1 N–H and O–H groups in total. The summed E-state index contributed by atoms with van der Waals surface area (Å²) in [4.78, 5) is 19.0. The molecule has 0 saturated carbocycles. The van der Waals surface area contributed by atoms with E-state index < -0.39 is 17.6 Å². The van der Waals surface area contributed by atoms with E-state index in [0.717, 1.165) is 36.5 Å². The highest BCUT2D eigenvalue weighted by atomic mass is 35.5. The van der Waals surface area contributed by atoms with Crippen LogP contribution in [0.1, 0.15) is 45.9 Å². The van der Waals surface area contributed by atoms with Crippen molar-refractivity contribution in [2.75, 3.05) is 33.3 Å². The smallest absolute Gasteiger partial charge is 0.375 e. The van der Waals surface area contributed by atoms with E-state index in [9.17, 15) is 18.0 Å². The number of hydrogen-bond donors (Lipinski definition) is 1. The number of alkyl halides is 3. The van der Waals surface area contributed by atoms with Gasteiger partial charge < -0.3 is 15.0 Å². The fourth-order valence-corrected chi connectivity index (χ4v) is 5.18. The summed E-state index contributed by atoms with van der Waals surface area (Å²) in [5.41, 5.74) is 1.17. The van der Waals surface area contributed by atoms with E-state index >= 15 is 0 Å². The van der Waals surface area contributed by atoms with Crippen molar-refractivity contribution in [3.05, 3.63) is 64.2 Å². The number of pyridine rings is 1. The average molecular weight is 514 g/mol. The third-order valence-electron chi connectivity index (χ3n) is 5.99. The van der Waals surface area contributed by atoms with E-state index in [0.29, 0.717) is 31.7 Å². The Bertz CT molecular complexity index is 1100. The Morgan fingerprint density at radius 1 is 1.24 bits per heavy atom. The molecule has 0 radical (unpaired) electrons. The first-order valence-electron chi connectivity index (χ1n) is 10.9. The largest absolute Gasteiger partial charge is 0.417 e. The molecule has 184 valence electrons. The van der Waals surface area contributed by atoms with Crippen molar-refractivity contribution in [2.45, 2.75) is 31.5 Å². The van der Waals surface area contributed by atoms with E-state index in [1.165, 1.54) is 18.5 Å². The number of piperidine rings is 1. The SMILES string of the molecule is CNC(=O)c1csc2c(C(F)(F)F)cc(C3CCN(CCOCc4ccccc4)CC3)nc12.Cl. The summed E-state index contributed by atoms with van der Waals surface area (Å²) in [5, 5.41) is 3.94. The summed E-state index contributed by atoms with van der Waals surface area (Å²) in [7, 11) is 1.46. The molecule has 1 fully saturated rings. The van der Waals surface area contributed by atoms with Crippen LogP contribution in [0, 0.1) is 0 Å². The van der Waals surface area contributed by atoms with Gasteiger partial charge in [-0.05, 0) is 37.6 Å². The molecule has 0 unspecified atom stereocenters. The van der Waals surface area contributed by atoms with Crippen molar-refractivity contribution in [3.63, 3.8) is 0 Å². The van der Waals surface area contributed by atoms with Crippen LogP contribution in [-0.2, 0) is 17.5 Å². The number of fused-ring (bicyclic) bond motifs is 1. The lowest BCUT2D eigenvalue weighted by Crippen LogP contribution is -2.35. The number of nitrogens with zero attached hydrogens (tertiary/aromatic N) is 2. The topological polar surface area (TPSA) is 54.5 Å². The molecule has 4 rings (SSSR count). The van der Waals surface area contributed by atoms with Gasteiger partial charge in [-0.1, -0.05) is 30.3 Å². The fraction of sp³-hybridized carbons (Fsp3) is 0.417. The van der Waals surface area contributed by atoms with Crippen molar-refractivity contribution in [1.82, 2.24) is 15.2 Å². The zero-order valence-electron chi connectivity index (χ0n) is 18.7. The lowest BCUT2D eigenvalue weighted by molar-refractivity contribution is -0.136. The summed E-state index contributed by atoms with van der Waals surface area (Å²) in [6.45, 7) is 3.49. The summed E-state index contributed by atoms with van der Waals surface area (Å²) >= 11 is 0.911. The summed E-state index contributed by atoms with van der Waals surface area (Å²) in [6, 6.07) is 11.1. The number of benzene rings is 1. The van der Waals surface area contributed by atoms with Gasteiger partial charge in [-0.15, -0.1) is 23.7 Å². The predicted octanol–water partition coefficient (Wildman–Crippen LogP) is 5.49. The van der Waals surface area contributed by atoms with Gasteiger partial charge >= 0.3 is 6.18 Å². The average Bonchev–Trinajstić information content (AvgIpc) is 3.25.